The first-order valence-electron chi connectivity index (χ1n) is 7.88. The maximum Gasteiger partial charge on any atom is 0.259 e. The molecule has 6 heteroatoms. The molecule has 1 saturated heterocycles. The molecule has 0 radical (unpaired) electrons. The van der Waals surface area contributed by atoms with Crippen LogP contribution >= 0.6 is 0 Å². The zero-order valence-corrected chi connectivity index (χ0v) is 14.1. The minimum atomic E-state index is -0.114. The fraction of sp³-hybridized carbons (Fsp3) is 0.529. The van der Waals surface area contributed by atoms with E-state index in [9.17, 15) is 9.59 Å². The summed E-state index contributed by atoms with van der Waals surface area (Å²) < 4.78 is 5.48. The van der Waals surface area contributed by atoms with Crippen LogP contribution in [-0.4, -0.2) is 80.4 Å². The lowest BCUT2D eigenvalue weighted by molar-refractivity contribution is -0.130. The van der Waals surface area contributed by atoms with Crippen molar-refractivity contribution in [2.24, 2.45) is 0 Å². The third-order valence-corrected chi connectivity index (χ3v) is 3.95. The van der Waals surface area contributed by atoms with Crippen molar-refractivity contribution < 1.29 is 14.3 Å². The molecule has 0 aromatic heterocycles. The largest absolute Gasteiger partial charge is 0.484 e. The van der Waals surface area contributed by atoms with Crippen molar-refractivity contribution >= 4 is 11.8 Å². The highest BCUT2D eigenvalue weighted by molar-refractivity contribution is 5.94. The lowest BCUT2D eigenvalue weighted by atomic mass is 10.2. The highest BCUT2D eigenvalue weighted by Crippen LogP contribution is 2.16. The van der Waals surface area contributed by atoms with Crippen LogP contribution in [0.1, 0.15) is 16.8 Å². The van der Waals surface area contributed by atoms with Gasteiger partial charge in [0.15, 0.2) is 6.61 Å². The molecule has 0 bridgehead atoms. The third-order valence-electron chi connectivity index (χ3n) is 3.95. The molecule has 0 saturated carbocycles. The van der Waals surface area contributed by atoms with Gasteiger partial charge in [0.05, 0.1) is 0 Å². The van der Waals surface area contributed by atoms with E-state index in [0.29, 0.717) is 11.3 Å². The molecule has 0 aliphatic carbocycles. The number of benzene rings is 1. The predicted octanol–water partition coefficient (Wildman–Crippen LogP) is 0.931. The molecule has 1 fully saturated rings. The molecule has 0 N–H and O–H groups in total. The molecule has 2 rings (SSSR count). The molecule has 0 spiro atoms. The lowest BCUT2D eigenvalue weighted by Crippen LogP contribution is -2.34. The summed E-state index contributed by atoms with van der Waals surface area (Å²) in [6.07, 6.45) is 0.982. The van der Waals surface area contributed by atoms with Gasteiger partial charge in [0, 0.05) is 39.3 Å². The fourth-order valence-corrected chi connectivity index (χ4v) is 2.43. The molecule has 2 amide bonds. The van der Waals surface area contributed by atoms with E-state index in [1.54, 1.807) is 38.4 Å². The average molecular weight is 319 g/mol. The van der Waals surface area contributed by atoms with E-state index >= 15 is 0 Å². The van der Waals surface area contributed by atoms with E-state index in [2.05, 4.69) is 11.9 Å². The van der Waals surface area contributed by atoms with Crippen LogP contribution < -0.4 is 4.74 Å². The molecule has 23 heavy (non-hydrogen) atoms. The van der Waals surface area contributed by atoms with Crippen molar-refractivity contribution in [1.29, 1.82) is 0 Å². The maximum atomic E-state index is 12.6. The monoisotopic (exact) mass is 319 g/mol. The summed E-state index contributed by atoms with van der Waals surface area (Å²) in [5.41, 5.74) is 0.601. The number of nitrogens with zero attached hydrogens (tertiary/aromatic N) is 3. The zero-order chi connectivity index (χ0) is 16.8. The van der Waals surface area contributed by atoms with Crippen LogP contribution in [0.2, 0.25) is 0 Å². The van der Waals surface area contributed by atoms with Gasteiger partial charge < -0.3 is 19.4 Å². The second kappa shape index (κ2) is 7.97. The first-order valence-corrected chi connectivity index (χ1v) is 7.88. The number of carbonyl (C=O) groups is 2. The Morgan fingerprint density at radius 3 is 2.70 bits per heavy atom. The second-order valence-corrected chi connectivity index (χ2v) is 6.05. The van der Waals surface area contributed by atoms with E-state index in [1.165, 1.54) is 4.90 Å². The first kappa shape index (κ1) is 17.3. The van der Waals surface area contributed by atoms with Gasteiger partial charge in [0.2, 0.25) is 0 Å². The number of carbonyl (C=O) groups excluding carboxylic acids is 2. The quantitative estimate of drug-likeness (QED) is 0.828. The topological polar surface area (TPSA) is 53.1 Å². The van der Waals surface area contributed by atoms with Crippen molar-refractivity contribution in [2.75, 3.05) is 53.9 Å². The zero-order valence-electron chi connectivity index (χ0n) is 14.1. The van der Waals surface area contributed by atoms with E-state index in [1.807, 2.05) is 4.90 Å². The summed E-state index contributed by atoms with van der Waals surface area (Å²) in [5.74, 6) is 0.444. The van der Waals surface area contributed by atoms with Gasteiger partial charge in [-0.05, 0) is 38.2 Å². The number of likely N-dealkylation sites (N-methyl/N-ethyl adjacent to an activating group) is 2. The normalized spacial score (nSPS) is 15.9. The van der Waals surface area contributed by atoms with Gasteiger partial charge in [-0.25, -0.2) is 0 Å². The molecule has 1 aromatic carbocycles. The van der Waals surface area contributed by atoms with Gasteiger partial charge in [-0.3, -0.25) is 9.59 Å². The molecule has 6 nitrogen and oxygen atoms in total. The molecule has 1 aromatic rings. The molecule has 1 aliphatic rings. The average Bonchev–Trinajstić information content (AvgIpc) is 2.76. The Morgan fingerprint density at radius 1 is 1.17 bits per heavy atom. The number of hydrogen-bond donors (Lipinski definition) is 0. The molecular weight excluding hydrogens is 294 g/mol. The Balaban J connectivity index is 2.00. The molecule has 126 valence electrons. The SMILES string of the molecule is CN1CCCN(C(=O)c2cccc(OCC(=O)N(C)C)c2)CC1. The summed E-state index contributed by atoms with van der Waals surface area (Å²) in [4.78, 5) is 29.8. The number of hydrogen-bond acceptors (Lipinski definition) is 4. The third kappa shape index (κ3) is 4.96. The van der Waals surface area contributed by atoms with Crippen LogP contribution in [0.5, 0.6) is 5.75 Å². The van der Waals surface area contributed by atoms with Gasteiger partial charge in [-0.15, -0.1) is 0 Å². The van der Waals surface area contributed by atoms with Crippen molar-refractivity contribution in [1.82, 2.24) is 14.7 Å². The number of amides is 2. The summed E-state index contributed by atoms with van der Waals surface area (Å²) in [6.45, 7) is 3.38. The van der Waals surface area contributed by atoms with Crippen molar-refractivity contribution in [3.05, 3.63) is 29.8 Å². The van der Waals surface area contributed by atoms with Crippen LogP contribution in [0.25, 0.3) is 0 Å². The minimum Gasteiger partial charge on any atom is -0.484 e. The Morgan fingerprint density at radius 2 is 1.96 bits per heavy atom. The van der Waals surface area contributed by atoms with E-state index in [0.717, 1.165) is 32.6 Å². The van der Waals surface area contributed by atoms with Crippen LogP contribution in [0, 0.1) is 0 Å². The van der Waals surface area contributed by atoms with Crippen LogP contribution in [0.4, 0.5) is 0 Å². The predicted molar refractivity (Wildman–Crippen MR) is 88.6 cm³/mol. The first-order chi connectivity index (χ1) is 11.0. The van der Waals surface area contributed by atoms with Gasteiger partial charge >= 0.3 is 0 Å². The maximum absolute atomic E-state index is 12.6. The van der Waals surface area contributed by atoms with Crippen molar-refractivity contribution in [2.45, 2.75) is 6.42 Å². The highest BCUT2D eigenvalue weighted by Gasteiger charge is 2.19. The molecule has 0 atom stereocenters. The van der Waals surface area contributed by atoms with Crippen LogP contribution in [-0.2, 0) is 4.79 Å². The summed E-state index contributed by atoms with van der Waals surface area (Å²) in [7, 11) is 5.44. The van der Waals surface area contributed by atoms with Crippen molar-refractivity contribution in [3.8, 4) is 5.75 Å². The Labute approximate surface area is 137 Å². The highest BCUT2D eigenvalue weighted by atomic mass is 16.5. The van der Waals surface area contributed by atoms with Gasteiger partial charge in [0.1, 0.15) is 5.75 Å². The van der Waals surface area contributed by atoms with E-state index in [4.69, 9.17) is 4.74 Å². The Kier molecular flexibility index (Phi) is 5.98. The molecule has 1 heterocycles. The lowest BCUT2D eigenvalue weighted by Gasteiger charge is -2.21. The molecular formula is C17H25N3O3. The number of rotatable bonds is 4. The van der Waals surface area contributed by atoms with Gasteiger partial charge in [0.25, 0.3) is 11.8 Å². The molecule has 1 aliphatic heterocycles. The smallest absolute Gasteiger partial charge is 0.259 e. The Hall–Kier alpha value is -2.08. The van der Waals surface area contributed by atoms with Crippen LogP contribution in [0.3, 0.4) is 0 Å². The van der Waals surface area contributed by atoms with E-state index in [-0.39, 0.29) is 18.4 Å². The minimum absolute atomic E-state index is 0.0182. The van der Waals surface area contributed by atoms with Gasteiger partial charge in [-0.1, -0.05) is 6.07 Å². The fourth-order valence-electron chi connectivity index (χ4n) is 2.43. The standard InChI is InChI=1S/C17H25N3O3/c1-18(2)16(21)13-23-15-7-4-6-14(12-15)17(22)20-9-5-8-19(3)10-11-20/h4,6-7,12H,5,8-11,13H2,1-3H3. The Bertz CT molecular complexity index is 560. The summed E-state index contributed by atoms with van der Waals surface area (Å²) in [6, 6.07) is 7.04. The summed E-state index contributed by atoms with van der Waals surface area (Å²) in [5, 5.41) is 0. The van der Waals surface area contributed by atoms with Crippen molar-refractivity contribution in [3.63, 3.8) is 0 Å². The summed E-state index contributed by atoms with van der Waals surface area (Å²) >= 11 is 0. The van der Waals surface area contributed by atoms with E-state index < -0.39 is 0 Å². The number of ether oxygens (including phenoxy) is 1. The van der Waals surface area contributed by atoms with Gasteiger partial charge in [-0.2, -0.15) is 0 Å². The second-order valence-electron chi connectivity index (χ2n) is 6.05. The van der Waals surface area contributed by atoms with Crippen LogP contribution in [0.15, 0.2) is 24.3 Å². The molecule has 0 unspecified atom stereocenters.